The summed E-state index contributed by atoms with van der Waals surface area (Å²) in [4.78, 5) is 17.1. The number of rotatable bonds is 5. The van der Waals surface area contributed by atoms with Gasteiger partial charge in [-0.2, -0.15) is 5.10 Å². The molecule has 2 aromatic heterocycles. The molecule has 3 aromatic rings. The van der Waals surface area contributed by atoms with E-state index in [1.165, 1.54) is 0 Å². The third kappa shape index (κ3) is 3.11. The Morgan fingerprint density at radius 2 is 2.17 bits per heavy atom. The Bertz CT molecular complexity index is 878. The smallest absolute Gasteiger partial charge is 0.254 e. The van der Waals surface area contributed by atoms with Crippen molar-refractivity contribution in [2.75, 3.05) is 13.7 Å². The lowest BCUT2D eigenvalue weighted by molar-refractivity contribution is 0.0894. The first-order valence-electron chi connectivity index (χ1n) is 7.42. The average molecular weight is 345 g/mol. The summed E-state index contributed by atoms with van der Waals surface area (Å²) in [5.74, 6) is -0.276. The van der Waals surface area contributed by atoms with E-state index in [2.05, 4.69) is 15.4 Å². The Morgan fingerprint density at radius 1 is 1.33 bits per heavy atom. The number of fused-ring (bicyclic) bond motifs is 1. The molecule has 7 heteroatoms. The quantitative estimate of drug-likeness (QED) is 0.772. The Kier molecular flexibility index (Phi) is 4.78. The summed E-state index contributed by atoms with van der Waals surface area (Å²) in [5.41, 5.74) is 1.97. The number of benzene rings is 1. The van der Waals surface area contributed by atoms with Gasteiger partial charge in [0.15, 0.2) is 0 Å². The number of halogens is 1. The van der Waals surface area contributed by atoms with Crippen LogP contribution in [-0.4, -0.2) is 34.4 Å². The average Bonchev–Trinajstić information content (AvgIpc) is 3.00. The van der Waals surface area contributed by atoms with Crippen molar-refractivity contribution >= 4 is 28.4 Å². The topological polar surface area (TPSA) is 69.0 Å². The fraction of sp³-hybridized carbons (Fsp3) is 0.235. The monoisotopic (exact) mass is 344 g/mol. The molecule has 2 heterocycles. The van der Waals surface area contributed by atoms with Crippen LogP contribution < -0.4 is 5.32 Å². The van der Waals surface area contributed by atoms with E-state index >= 15 is 0 Å². The number of nitrogens with one attached hydrogen (secondary N) is 1. The van der Waals surface area contributed by atoms with E-state index in [1.54, 1.807) is 42.4 Å². The number of nitrogens with zero attached hydrogens (tertiary/aromatic N) is 3. The molecule has 0 spiro atoms. The number of carbonyl (C=O) groups excluding carboxylic acids is 1. The van der Waals surface area contributed by atoms with E-state index in [-0.39, 0.29) is 11.9 Å². The number of hydrogen-bond acceptors (Lipinski definition) is 4. The molecule has 0 aliphatic heterocycles. The molecule has 1 aromatic carbocycles. The number of aryl methyl sites for hydroxylation is 1. The molecule has 0 saturated heterocycles. The molecular weight excluding hydrogens is 328 g/mol. The molecule has 1 N–H and O–H groups in total. The van der Waals surface area contributed by atoms with Crippen molar-refractivity contribution in [3.05, 3.63) is 59.0 Å². The first-order valence-corrected chi connectivity index (χ1v) is 7.80. The molecule has 0 fully saturated rings. The third-order valence-corrected chi connectivity index (χ3v) is 4.13. The molecule has 0 radical (unpaired) electrons. The van der Waals surface area contributed by atoms with Crippen molar-refractivity contribution < 1.29 is 9.53 Å². The van der Waals surface area contributed by atoms with Crippen LogP contribution in [0.2, 0.25) is 5.02 Å². The van der Waals surface area contributed by atoms with E-state index < -0.39 is 0 Å². The standard InChI is InChI=1S/C17H17ClN4O2/c1-22-15(7-9-20-22)14(10-24-2)21-17(23)16-11-4-3-8-19-13(11)6-5-12(16)18/h3-9,14H,10H2,1-2H3,(H,21,23). The van der Waals surface area contributed by atoms with Crippen LogP contribution >= 0.6 is 11.6 Å². The van der Waals surface area contributed by atoms with Gasteiger partial charge in [0.05, 0.1) is 34.4 Å². The fourth-order valence-corrected chi connectivity index (χ4v) is 2.93. The van der Waals surface area contributed by atoms with Crippen LogP contribution in [-0.2, 0) is 11.8 Å². The third-order valence-electron chi connectivity index (χ3n) is 3.82. The zero-order valence-electron chi connectivity index (χ0n) is 13.4. The number of hydrogen-bond donors (Lipinski definition) is 1. The van der Waals surface area contributed by atoms with Gasteiger partial charge in [0.2, 0.25) is 0 Å². The zero-order valence-corrected chi connectivity index (χ0v) is 14.1. The van der Waals surface area contributed by atoms with Crippen LogP contribution in [0.4, 0.5) is 0 Å². The van der Waals surface area contributed by atoms with Crippen molar-refractivity contribution in [3.63, 3.8) is 0 Å². The lowest BCUT2D eigenvalue weighted by atomic mass is 10.1. The minimum atomic E-state index is -0.335. The number of aromatic nitrogens is 3. The maximum absolute atomic E-state index is 12.9. The highest BCUT2D eigenvalue weighted by molar-refractivity contribution is 6.35. The highest BCUT2D eigenvalue weighted by Gasteiger charge is 2.21. The van der Waals surface area contributed by atoms with E-state index in [9.17, 15) is 4.79 Å². The molecule has 3 rings (SSSR count). The van der Waals surface area contributed by atoms with Crippen molar-refractivity contribution in [2.45, 2.75) is 6.04 Å². The summed E-state index contributed by atoms with van der Waals surface area (Å²) in [7, 11) is 3.41. The number of methoxy groups -OCH3 is 1. The molecule has 0 bridgehead atoms. The molecule has 24 heavy (non-hydrogen) atoms. The number of ether oxygens (including phenoxy) is 1. The van der Waals surface area contributed by atoms with Crippen LogP contribution in [0, 0.1) is 0 Å². The first-order chi connectivity index (χ1) is 11.6. The zero-order chi connectivity index (χ0) is 17.1. The summed E-state index contributed by atoms with van der Waals surface area (Å²) >= 11 is 6.28. The molecule has 6 nitrogen and oxygen atoms in total. The first kappa shape index (κ1) is 16.4. The Balaban J connectivity index is 1.97. The highest BCUT2D eigenvalue weighted by Crippen LogP contribution is 2.25. The number of pyridine rings is 1. The van der Waals surface area contributed by atoms with E-state index in [0.717, 1.165) is 11.2 Å². The van der Waals surface area contributed by atoms with E-state index in [0.29, 0.717) is 22.6 Å². The van der Waals surface area contributed by atoms with Crippen molar-refractivity contribution in [3.8, 4) is 0 Å². The van der Waals surface area contributed by atoms with Gasteiger partial charge in [0, 0.05) is 31.9 Å². The van der Waals surface area contributed by atoms with Gasteiger partial charge in [0.1, 0.15) is 0 Å². The summed E-state index contributed by atoms with van der Waals surface area (Å²) in [5, 5.41) is 8.21. The maximum Gasteiger partial charge on any atom is 0.254 e. The Labute approximate surface area is 144 Å². The molecule has 124 valence electrons. The van der Waals surface area contributed by atoms with Gasteiger partial charge < -0.3 is 10.1 Å². The van der Waals surface area contributed by atoms with Gasteiger partial charge in [-0.15, -0.1) is 0 Å². The second-order valence-corrected chi connectivity index (χ2v) is 5.76. The molecule has 0 aliphatic rings. The molecular formula is C17H17ClN4O2. The normalized spacial score (nSPS) is 12.3. The van der Waals surface area contributed by atoms with E-state index in [4.69, 9.17) is 16.3 Å². The molecule has 1 atom stereocenters. The largest absolute Gasteiger partial charge is 0.382 e. The van der Waals surface area contributed by atoms with Crippen molar-refractivity contribution in [1.82, 2.24) is 20.1 Å². The van der Waals surface area contributed by atoms with E-state index in [1.807, 2.05) is 19.2 Å². The number of amides is 1. The van der Waals surface area contributed by atoms with Crippen LogP contribution in [0.15, 0.2) is 42.7 Å². The SMILES string of the molecule is COCC(NC(=O)c1c(Cl)ccc2ncccc12)c1ccnn1C. The fourth-order valence-electron chi connectivity index (χ4n) is 2.68. The number of carbonyl (C=O) groups is 1. The summed E-state index contributed by atoms with van der Waals surface area (Å²) in [6.45, 7) is 0.325. The van der Waals surface area contributed by atoms with Crippen LogP contribution in [0.5, 0.6) is 0 Å². The van der Waals surface area contributed by atoms with Crippen molar-refractivity contribution in [2.24, 2.45) is 7.05 Å². The van der Waals surface area contributed by atoms with Crippen LogP contribution in [0.1, 0.15) is 22.1 Å². The predicted molar refractivity (Wildman–Crippen MR) is 92.0 cm³/mol. The van der Waals surface area contributed by atoms with Gasteiger partial charge in [-0.05, 0) is 24.3 Å². The minimum Gasteiger partial charge on any atom is -0.382 e. The lowest BCUT2D eigenvalue weighted by Crippen LogP contribution is -2.33. The van der Waals surface area contributed by atoms with Gasteiger partial charge in [-0.25, -0.2) is 0 Å². The maximum atomic E-state index is 12.9. The molecule has 1 amide bonds. The summed E-state index contributed by atoms with van der Waals surface area (Å²) < 4.78 is 6.94. The Hall–Kier alpha value is -2.44. The van der Waals surface area contributed by atoms with Crippen molar-refractivity contribution in [1.29, 1.82) is 0 Å². The predicted octanol–water partition coefficient (Wildman–Crippen LogP) is 2.74. The summed E-state index contributed by atoms with van der Waals surface area (Å²) in [6, 6.07) is 8.60. The van der Waals surface area contributed by atoms with Gasteiger partial charge in [-0.1, -0.05) is 17.7 Å². The Morgan fingerprint density at radius 3 is 2.88 bits per heavy atom. The molecule has 0 saturated carbocycles. The molecule has 0 aliphatic carbocycles. The van der Waals surface area contributed by atoms with Crippen LogP contribution in [0.25, 0.3) is 10.9 Å². The van der Waals surface area contributed by atoms with Gasteiger partial charge in [-0.3, -0.25) is 14.5 Å². The highest BCUT2D eigenvalue weighted by atomic mass is 35.5. The van der Waals surface area contributed by atoms with Gasteiger partial charge in [0.25, 0.3) is 5.91 Å². The van der Waals surface area contributed by atoms with Gasteiger partial charge >= 0.3 is 0 Å². The van der Waals surface area contributed by atoms with Crippen LogP contribution in [0.3, 0.4) is 0 Å². The lowest BCUT2D eigenvalue weighted by Gasteiger charge is -2.19. The minimum absolute atomic E-state index is 0.276. The summed E-state index contributed by atoms with van der Waals surface area (Å²) in [6.07, 6.45) is 3.36. The molecule has 1 unspecified atom stereocenters. The second-order valence-electron chi connectivity index (χ2n) is 5.35. The second kappa shape index (κ2) is 6.98.